The van der Waals surface area contributed by atoms with Gasteiger partial charge in [-0.3, -0.25) is 0 Å². The molecule has 0 N–H and O–H groups in total. The van der Waals surface area contributed by atoms with E-state index in [0.29, 0.717) is 5.88 Å². The largest absolute Gasteiger partial charge is 0.458 e. The van der Waals surface area contributed by atoms with Crippen LogP contribution in [-0.2, 0) is 22.0 Å². The molecule has 0 aromatic heterocycles. The molecule has 0 atom stereocenters. The Balaban J connectivity index is 2.51. The molecular formula is C11H11ClO2. The van der Waals surface area contributed by atoms with E-state index in [1.165, 1.54) is 0 Å². The topological polar surface area (TPSA) is 26.3 Å². The van der Waals surface area contributed by atoms with Gasteiger partial charge in [0.05, 0.1) is 0 Å². The van der Waals surface area contributed by atoms with Gasteiger partial charge in [0.2, 0.25) is 0 Å². The molecule has 1 rings (SSSR count). The number of halogens is 1. The van der Waals surface area contributed by atoms with Crippen molar-refractivity contribution in [3.8, 4) is 0 Å². The molecule has 0 spiro atoms. The lowest BCUT2D eigenvalue weighted by molar-refractivity contribution is -0.138. The Morgan fingerprint density at radius 3 is 2.43 bits per heavy atom. The first-order chi connectivity index (χ1) is 6.76. The maximum Gasteiger partial charge on any atom is 0.330 e. The van der Waals surface area contributed by atoms with Crippen LogP contribution in [0.15, 0.2) is 36.9 Å². The molecule has 14 heavy (non-hydrogen) atoms. The number of carbonyl (C=O) groups is 1. The van der Waals surface area contributed by atoms with Gasteiger partial charge in [0.25, 0.3) is 0 Å². The van der Waals surface area contributed by atoms with Crippen molar-refractivity contribution in [3.05, 3.63) is 48.0 Å². The number of hydrogen-bond acceptors (Lipinski definition) is 2. The maximum absolute atomic E-state index is 10.7. The second-order valence-electron chi connectivity index (χ2n) is 2.76. The summed E-state index contributed by atoms with van der Waals surface area (Å²) in [6.45, 7) is 3.58. The summed E-state index contributed by atoms with van der Waals surface area (Å²) in [4.78, 5) is 10.7. The van der Waals surface area contributed by atoms with Crippen LogP contribution in [0, 0.1) is 0 Å². The van der Waals surface area contributed by atoms with Gasteiger partial charge in [-0.05, 0) is 11.1 Å². The molecular weight excluding hydrogens is 200 g/mol. The van der Waals surface area contributed by atoms with E-state index < -0.39 is 5.97 Å². The van der Waals surface area contributed by atoms with E-state index in [1.54, 1.807) is 0 Å². The lowest BCUT2D eigenvalue weighted by Crippen LogP contribution is -1.99. The number of ether oxygens (including phenoxy) is 1. The Morgan fingerprint density at radius 2 is 1.93 bits per heavy atom. The lowest BCUT2D eigenvalue weighted by Gasteiger charge is -2.02. The fourth-order valence-corrected chi connectivity index (χ4v) is 1.12. The standard InChI is InChI=1S/C11H11ClO2/c1-2-11(13)14-8-10-5-3-9(7-12)4-6-10/h2-6H,1,7-8H2. The minimum absolute atomic E-state index is 0.271. The minimum atomic E-state index is -0.411. The molecule has 0 heterocycles. The fraction of sp³-hybridized carbons (Fsp3) is 0.182. The monoisotopic (exact) mass is 210 g/mol. The van der Waals surface area contributed by atoms with Crippen molar-refractivity contribution < 1.29 is 9.53 Å². The van der Waals surface area contributed by atoms with Crippen molar-refractivity contribution in [1.82, 2.24) is 0 Å². The highest BCUT2D eigenvalue weighted by atomic mass is 35.5. The molecule has 0 aliphatic heterocycles. The van der Waals surface area contributed by atoms with Crippen molar-refractivity contribution in [1.29, 1.82) is 0 Å². The predicted octanol–water partition coefficient (Wildman–Crippen LogP) is 2.65. The highest BCUT2D eigenvalue weighted by molar-refractivity contribution is 6.17. The van der Waals surface area contributed by atoms with Gasteiger partial charge in [-0.15, -0.1) is 11.6 Å². The predicted molar refractivity (Wildman–Crippen MR) is 56.0 cm³/mol. The van der Waals surface area contributed by atoms with Crippen LogP contribution >= 0.6 is 11.6 Å². The molecule has 74 valence electrons. The zero-order valence-electron chi connectivity index (χ0n) is 7.70. The fourth-order valence-electron chi connectivity index (χ4n) is 0.938. The first-order valence-electron chi connectivity index (χ1n) is 4.19. The van der Waals surface area contributed by atoms with Crippen molar-refractivity contribution in [2.24, 2.45) is 0 Å². The van der Waals surface area contributed by atoms with Gasteiger partial charge >= 0.3 is 5.97 Å². The van der Waals surface area contributed by atoms with Crippen LogP contribution in [0.4, 0.5) is 0 Å². The van der Waals surface area contributed by atoms with E-state index in [4.69, 9.17) is 16.3 Å². The van der Waals surface area contributed by atoms with Crippen LogP contribution in [0.2, 0.25) is 0 Å². The molecule has 0 aliphatic rings. The highest BCUT2D eigenvalue weighted by Crippen LogP contribution is 2.07. The third-order valence-electron chi connectivity index (χ3n) is 1.73. The maximum atomic E-state index is 10.7. The van der Waals surface area contributed by atoms with Gasteiger partial charge in [-0.2, -0.15) is 0 Å². The number of carbonyl (C=O) groups excluding carboxylic acids is 1. The average molecular weight is 211 g/mol. The van der Waals surface area contributed by atoms with Crippen molar-refractivity contribution >= 4 is 17.6 Å². The molecule has 0 amide bonds. The van der Waals surface area contributed by atoms with Gasteiger partial charge < -0.3 is 4.74 Å². The molecule has 2 nitrogen and oxygen atoms in total. The van der Waals surface area contributed by atoms with Gasteiger partial charge in [0.1, 0.15) is 6.61 Å². The first-order valence-corrected chi connectivity index (χ1v) is 4.72. The number of esters is 1. The van der Waals surface area contributed by atoms with Crippen LogP contribution in [-0.4, -0.2) is 5.97 Å². The van der Waals surface area contributed by atoms with E-state index in [1.807, 2.05) is 24.3 Å². The molecule has 0 aliphatic carbocycles. The highest BCUT2D eigenvalue weighted by Gasteiger charge is 1.97. The number of hydrogen-bond donors (Lipinski definition) is 0. The summed E-state index contributed by atoms with van der Waals surface area (Å²) >= 11 is 5.63. The Labute approximate surface area is 88.1 Å². The Bertz CT molecular complexity index is 317. The van der Waals surface area contributed by atoms with E-state index in [9.17, 15) is 4.79 Å². The summed E-state index contributed by atoms with van der Waals surface area (Å²) in [5, 5.41) is 0. The van der Waals surface area contributed by atoms with Gasteiger partial charge in [-0.1, -0.05) is 30.8 Å². The second-order valence-corrected chi connectivity index (χ2v) is 3.03. The summed E-state index contributed by atoms with van der Waals surface area (Å²) in [5.74, 6) is 0.0821. The Morgan fingerprint density at radius 1 is 1.36 bits per heavy atom. The summed E-state index contributed by atoms with van der Waals surface area (Å²) < 4.78 is 4.86. The normalized spacial score (nSPS) is 9.50. The summed E-state index contributed by atoms with van der Waals surface area (Å²) in [6.07, 6.45) is 1.15. The minimum Gasteiger partial charge on any atom is -0.458 e. The van der Waals surface area contributed by atoms with Gasteiger partial charge in [0, 0.05) is 12.0 Å². The van der Waals surface area contributed by atoms with Crippen LogP contribution in [0.5, 0.6) is 0 Å². The van der Waals surface area contributed by atoms with E-state index >= 15 is 0 Å². The SMILES string of the molecule is C=CC(=O)OCc1ccc(CCl)cc1. The third-order valence-corrected chi connectivity index (χ3v) is 2.03. The third kappa shape index (κ3) is 3.23. The van der Waals surface area contributed by atoms with Gasteiger partial charge in [0.15, 0.2) is 0 Å². The number of benzene rings is 1. The average Bonchev–Trinajstić information content (AvgIpc) is 2.26. The van der Waals surface area contributed by atoms with Crippen LogP contribution in [0.3, 0.4) is 0 Å². The molecule has 0 radical (unpaired) electrons. The molecule has 0 fully saturated rings. The summed E-state index contributed by atoms with van der Waals surface area (Å²) in [7, 11) is 0. The van der Waals surface area contributed by atoms with Crippen molar-refractivity contribution in [2.75, 3.05) is 0 Å². The molecule has 0 unspecified atom stereocenters. The van der Waals surface area contributed by atoms with Crippen molar-refractivity contribution in [3.63, 3.8) is 0 Å². The molecule has 1 aromatic carbocycles. The molecule has 0 saturated carbocycles. The Kier molecular flexibility index (Phi) is 4.20. The van der Waals surface area contributed by atoms with Crippen LogP contribution in [0.1, 0.15) is 11.1 Å². The van der Waals surface area contributed by atoms with E-state index in [-0.39, 0.29) is 6.61 Å². The summed E-state index contributed by atoms with van der Waals surface area (Å²) in [6, 6.07) is 7.58. The lowest BCUT2D eigenvalue weighted by atomic mass is 10.2. The zero-order valence-corrected chi connectivity index (χ0v) is 8.46. The Hall–Kier alpha value is -1.28. The van der Waals surface area contributed by atoms with Crippen LogP contribution in [0.25, 0.3) is 0 Å². The molecule has 0 saturated heterocycles. The molecule has 3 heteroatoms. The van der Waals surface area contributed by atoms with E-state index in [0.717, 1.165) is 17.2 Å². The van der Waals surface area contributed by atoms with Gasteiger partial charge in [-0.25, -0.2) is 4.79 Å². The zero-order chi connectivity index (χ0) is 10.4. The second kappa shape index (κ2) is 5.45. The first kappa shape index (κ1) is 10.8. The quantitative estimate of drug-likeness (QED) is 0.434. The molecule has 1 aromatic rings. The van der Waals surface area contributed by atoms with Crippen LogP contribution < -0.4 is 0 Å². The van der Waals surface area contributed by atoms with Crippen molar-refractivity contribution in [2.45, 2.75) is 12.5 Å². The summed E-state index contributed by atoms with van der Waals surface area (Å²) in [5.41, 5.74) is 1.99. The number of alkyl halides is 1. The molecule has 0 bridgehead atoms. The van der Waals surface area contributed by atoms with E-state index in [2.05, 4.69) is 6.58 Å². The number of rotatable bonds is 4. The smallest absolute Gasteiger partial charge is 0.330 e.